The van der Waals surface area contributed by atoms with Gasteiger partial charge in [-0.2, -0.15) is 0 Å². The fraction of sp³-hybridized carbons (Fsp3) is 0.562. The van der Waals surface area contributed by atoms with Gasteiger partial charge in [-0.3, -0.25) is 10.1 Å². The summed E-state index contributed by atoms with van der Waals surface area (Å²) < 4.78 is 5.32. The molecule has 7 heteroatoms. The Bertz CT molecular complexity index is 597. The summed E-state index contributed by atoms with van der Waals surface area (Å²) in [5, 5.41) is 16.7. The molecule has 0 saturated carbocycles. The van der Waals surface area contributed by atoms with Crippen LogP contribution in [-0.2, 0) is 4.74 Å². The van der Waals surface area contributed by atoms with E-state index >= 15 is 0 Å². The summed E-state index contributed by atoms with van der Waals surface area (Å²) in [6, 6.07) is 2.80. The molecule has 1 fully saturated rings. The fourth-order valence-electron chi connectivity index (χ4n) is 2.87. The fourth-order valence-corrected chi connectivity index (χ4v) is 2.87. The summed E-state index contributed by atoms with van der Waals surface area (Å²) in [7, 11) is 0. The molecule has 2 N–H and O–H groups in total. The van der Waals surface area contributed by atoms with Crippen molar-refractivity contribution >= 4 is 17.4 Å². The zero-order valence-corrected chi connectivity index (χ0v) is 13.7. The van der Waals surface area contributed by atoms with Crippen molar-refractivity contribution in [2.24, 2.45) is 5.92 Å². The first-order chi connectivity index (χ1) is 10.9. The molecule has 2 rings (SSSR count). The van der Waals surface area contributed by atoms with E-state index in [2.05, 4.69) is 10.6 Å². The van der Waals surface area contributed by atoms with Crippen LogP contribution < -0.4 is 10.6 Å². The van der Waals surface area contributed by atoms with E-state index in [9.17, 15) is 14.9 Å². The largest absolute Gasteiger partial charge is 0.381 e. The number of urea groups is 1. The number of carbonyl (C=O) groups is 1. The van der Waals surface area contributed by atoms with E-state index in [0.717, 1.165) is 31.6 Å². The number of benzene rings is 1. The molecule has 126 valence electrons. The molecule has 0 spiro atoms. The molecule has 0 radical (unpaired) electrons. The summed E-state index contributed by atoms with van der Waals surface area (Å²) in [6.45, 7) is 6.92. The van der Waals surface area contributed by atoms with E-state index in [0.29, 0.717) is 17.2 Å². The number of hydrogen-bond donors (Lipinski definition) is 2. The maximum Gasteiger partial charge on any atom is 0.319 e. The van der Waals surface area contributed by atoms with E-state index in [4.69, 9.17) is 4.74 Å². The molecule has 1 aromatic rings. The van der Waals surface area contributed by atoms with Gasteiger partial charge in [-0.1, -0.05) is 0 Å². The SMILES string of the molecule is Cc1cc(C)c([N+](=O)[O-])cc1NC(=O)NC(C)C1CCOCC1. The Morgan fingerprint density at radius 1 is 1.30 bits per heavy atom. The average Bonchev–Trinajstić information content (AvgIpc) is 2.50. The molecule has 1 aliphatic heterocycles. The van der Waals surface area contributed by atoms with Crippen LogP contribution in [0.1, 0.15) is 30.9 Å². The van der Waals surface area contributed by atoms with Gasteiger partial charge < -0.3 is 15.4 Å². The van der Waals surface area contributed by atoms with Gasteiger partial charge in [0.05, 0.1) is 10.6 Å². The molecule has 1 aromatic carbocycles. The van der Waals surface area contributed by atoms with Gasteiger partial charge in [-0.15, -0.1) is 0 Å². The van der Waals surface area contributed by atoms with Crippen molar-refractivity contribution in [3.63, 3.8) is 0 Å². The van der Waals surface area contributed by atoms with E-state index in [1.54, 1.807) is 13.0 Å². The highest BCUT2D eigenvalue weighted by atomic mass is 16.6. The third-order valence-electron chi connectivity index (χ3n) is 4.32. The molecule has 0 bridgehead atoms. The lowest BCUT2D eigenvalue weighted by atomic mass is 9.93. The summed E-state index contributed by atoms with van der Waals surface area (Å²) in [5.41, 5.74) is 1.83. The first-order valence-corrected chi connectivity index (χ1v) is 7.79. The minimum atomic E-state index is -0.442. The van der Waals surface area contributed by atoms with Crippen LogP contribution in [0.25, 0.3) is 0 Å². The van der Waals surface area contributed by atoms with E-state index in [1.165, 1.54) is 6.07 Å². The minimum Gasteiger partial charge on any atom is -0.381 e. The predicted octanol–water partition coefficient (Wildman–Crippen LogP) is 3.15. The maximum atomic E-state index is 12.2. The number of nitrogens with zero attached hydrogens (tertiary/aromatic N) is 1. The van der Waals surface area contributed by atoms with Gasteiger partial charge in [0, 0.05) is 30.9 Å². The lowest BCUT2D eigenvalue weighted by Gasteiger charge is -2.28. The van der Waals surface area contributed by atoms with Gasteiger partial charge >= 0.3 is 6.03 Å². The van der Waals surface area contributed by atoms with Gasteiger partial charge in [0.25, 0.3) is 5.69 Å². The molecule has 7 nitrogen and oxygen atoms in total. The Morgan fingerprint density at radius 3 is 2.57 bits per heavy atom. The highest BCUT2D eigenvalue weighted by Gasteiger charge is 2.22. The Morgan fingerprint density at radius 2 is 1.96 bits per heavy atom. The molecule has 0 aliphatic carbocycles. The van der Waals surface area contributed by atoms with Gasteiger partial charge in [-0.25, -0.2) is 4.79 Å². The molecular formula is C16H23N3O4. The van der Waals surface area contributed by atoms with Crippen molar-refractivity contribution in [2.75, 3.05) is 18.5 Å². The first-order valence-electron chi connectivity index (χ1n) is 7.79. The summed E-state index contributed by atoms with van der Waals surface area (Å²) >= 11 is 0. The van der Waals surface area contributed by atoms with Crippen molar-refractivity contribution in [3.05, 3.63) is 33.4 Å². The van der Waals surface area contributed by atoms with Gasteiger partial charge in [0.15, 0.2) is 0 Å². The highest BCUT2D eigenvalue weighted by molar-refractivity contribution is 5.90. The second-order valence-electron chi connectivity index (χ2n) is 6.05. The number of nitrogens with one attached hydrogen (secondary N) is 2. The number of hydrogen-bond acceptors (Lipinski definition) is 4. The lowest BCUT2D eigenvalue weighted by Crippen LogP contribution is -2.42. The molecular weight excluding hydrogens is 298 g/mol. The number of ether oxygens (including phenoxy) is 1. The van der Waals surface area contributed by atoms with Gasteiger partial charge in [-0.05, 0) is 51.2 Å². The highest BCUT2D eigenvalue weighted by Crippen LogP contribution is 2.26. The van der Waals surface area contributed by atoms with Crippen LogP contribution in [0.2, 0.25) is 0 Å². The molecule has 1 aliphatic rings. The van der Waals surface area contributed by atoms with Gasteiger partial charge in [0.2, 0.25) is 0 Å². The number of rotatable bonds is 4. The first kappa shape index (κ1) is 17.2. The summed E-state index contributed by atoms with van der Waals surface area (Å²) in [5.74, 6) is 0.392. The number of amides is 2. The Hall–Kier alpha value is -2.15. The van der Waals surface area contributed by atoms with Crippen molar-refractivity contribution in [1.29, 1.82) is 0 Å². The van der Waals surface area contributed by atoms with E-state index < -0.39 is 4.92 Å². The lowest BCUT2D eigenvalue weighted by molar-refractivity contribution is -0.385. The Labute approximate surface area is 135 Å². The number of carbonyl (C=O) groups excluding carboxylic acids is 1. The van der Waals surface area contributed by atoms with E-state index in [1.807, 2.05) is 13.8 Å². The monoisotopic (exact) mass is 321 g/mol. The molecule has 1 unspecified atom stereocenters. The third kappa shape index (κ3) is 4.41. The van der Waals surface area contributed by atoms with Crippen molar-refractivity contribution in [3.8, 4) is 0 Å². The van der Waals surface area contributed by atoms with E-state index in [-0.39, 0.29) is 17.8 Å². The zero-order chi connectivity index (χ0) is 17.0. The Balaban J connectivity index is 2.02. The van der Waals surface area contributed by atoms with Crippen LogP contribution in [0, 0.1) is 29.9 Å². The normalized spacial score (nSPS) is 16.7. The molecule has 1 saturated heterocycles. The number of nitro benzene ring substituents is 1. The standard InChI is InChI=1S/C16H23N3O4/c1-10-8-11(2)15(19(21)22)9-14(10)18-16(20)17-12(3)13-4-6-23-7-5-13/h8-9,12-13H,4-7H2,1-3H3,(H2,17,18,20). The summed E-state index contributed by atoms with van der Waals surface area (Å²) in [4.78, 5) is 22.7. The maximum absolute atomic E-state index is 12.2. The average molecular weight is 321 g/mol. The number of anilines is 1. The van der Waals surface area contributed by atoms with Crippen LogP contribution in [0.3, 0.4) is 0 Å². The van der Waals surface area contributed by atoms with Crippen LogP contribution >= 0.6 is 0 Å². The van der Waals surface area contributed by atoms with Crippen LogP contribution in [0.15, 0.2) is 12.1 Å². The van der Waals surface area contributed by atoms with Crippen LogP contribution in [0.4, 0.5) is 16.2 Å². The van der Waals surface area contributed by atoms with Crippen molar-refractivity contribution < 1.29 is 14.5 Å². The van der Waals surface area contributed by atoms with Crippen molar-refractivity contribution in [1.82, 2.24) is 5.32 Å². The third-order valence-corrected chi connectivity index (χ3v) is 4.32. The number of nitro groups is 1. The minimum absolute atomic E-state index is 0.00313. The second kappa shape index (κ2) is 7.41. The molecule has 23 heavy (non-hydrogen) atoms. The smallest absolute Gasteiger partial charge is 0.319 e. The quantitative estimate of drug-likeness (QED) is 0.658. The number of aryl methyl sites for hydroxylation is 2. The topological polar surface area (TPSA) is 93.5 Å². The zero-order valence-electron chi connectivity index (χ0n) is 13.7. The second-order valence-corrected chi connectivity index (χ2v) is 6.05. The molecule has 0 aromatic heterocycles. The molecule has 1 atom stereocenters. The predicted molar refractivity (Wildman–Crippen MR) is 87.7 cm³/mol. The van der Waals surface area contributed by atoms with Crippen molar-refractivity contribution in [2.45, 2.75) is 39.7 Å². The molecule has 2 amide bonds. The van der Waals surface area contributed by atoms with Gasteiger partial charge in [0.1, 0.15) is 0 Å². The van der Waals surface area contributed by atoms with Crippen LogP contribution in [0.5, 0.6) is 0 Å². The van der Waals surface area contributed by atoms with Crippen LogP contribution in [-0.4, -0.2) is 30.2 Å². The molecule has 1 heterocycles. The Kier molecular flexibility index (Phi) is 5.54. The summed E-state index contributed by atoms with van der Waals surface area (Å²) in [6.07, 6.45) is 1.85.